The fraction of sp³-hybridized carbons (Fsp3) is 0.0208. The SMILES string of the molecule is c1ccc(N2CN(c3cccc(C(=C(c4cccnc4)c4cccnc4)c4ccc5c6ccccc6n(-c6ccccn6)c5c4)c3)c3ccccc32)cc1. The summed E-state index contributed by atoms with van der Waals surface area (Å²) >= 11 is 0. The Hall–Kier alpha value is -7.31. The molecule has 9 aromatic rings. The van der Waals surface area contributed by atoms with Gasteiger partial charge in [0.1, 0.15) is 12.5 Å². The maximum absolute atomic E-state index is 4.81. The summed E-state index contributed by atoms with van der Waals surface area (Å²) in [6, 6.07) is 57.9. The van der Waals surface area contributed by atoms with Crippen LogP contribution in [0.3, 0.4) is 0 Å². The van der Waals surface area contributed by atoms with Crippen molar-refractivity contribution in [2.45, 2.75) is 0 Å². The minimum Gasteiger partial charge on any atom is -0.321 e. The molecule has 0 fully saturated rings. The largest absolute Gasteiger partial charge is 0.321 e. The highest BCUT2D eigenvalue weighted by atomic mass is 15.4. The van der Waals surface area contributed by atoms with Crippen molar-refractivity contribution in [2.75, 3.05) is 16.5 Å². The number of nitrogens with zero attached hydrogens (tertiary/aromatic N) is 6. The molecule has 0 unspecified atom stereocenters. The van der Waals surface area contributed by atoms with Crippen LogP contribution in [0.5, 0.6) is 0 Å². The van der Waals surface area contributed by atoms with E-state index in [1.54, 1.807) is 0 Å². The van der Waals surface area contributed by atoms with E-state index in [2.05, 4.69) is 164 Å². The summed E-state index contributed by atoms with van der Waals surface area (Å²) in [7, 11) is 0. The van der Waals surface area contributed by atoms with Crippen molar-refractivity contribution < 1.29 is 0 Å². The van der Waals surface area contributed by atoms with Crippen molar-refractivity contribution in [3.8, 4) is 5.82 Å². The molecule has 54 heavy (non-hydrogen) atoms. The molecule has 1 aliphatic rings. The van der Waals surface area contributed by atoms with Crippen LogP contribution in [-0.2, 0) is 0 Å². The topological polar surface area (TPSA) is 50.1 Å². The molecule has 6 nitrogen and oxygen atoms in total. The number of para-hydroxylation sites is 4. The van der Waals surface area contributed by atoms with Crippen LogP contribution in [0.4, 0.5) is 22.7 Å². The van der Waals surface area contributed by atoms with E-state index >= 15 is 0 Å². The Morgan fingerprint density at radius 1 is 0.426 bits per heavy atom. The second-order valence-corrected chi connectivity index (χ2v) is 13.4. The molecule has 5 aromatic carbocycles. The van der Waals surface area contributed by atoms with Gasteiger partial charge in [0, 0.05) is 69.8 Å². The normalized spacial score (nSPS) is 12.3. The average molecular weight is 695 g/mol. The Bertz CT molecular complexity index is 2750. The number of hydrogen-bond acceptors (Lipinski definition) is 5. The number of hydrogen-bond donors (Lipinski definition) is 0. The molecule has 4 aromatic heterocycles. The van der Waals surface area contributed by atoms with Gasteiger partial charge >= 0.3 is 0 Å². The molecule has 0 bridgehead atoms. The maximum atomic E-state index is 4.81. The summed E-state index contributed by atoms with van der Waals surface area (Å²) in [4.78, 5) is 18.8. The average Bonchev–Trinajstić information content (AvgIpc) is 3.80. The summed E-state index contributed by atoms with van der Waals surface area (Å²) in [6.45, 7) is 0.695. The maximum Gasteiger partial charge on any atom is 0.137 e. The third kappa shape index (κ3) is 5.40. The highest BCUT2D eigenvalue weighted by Crippen LogP contribution is 2.46. The third-order valence-corrected chi connectivity index (χ3v) is 10.3. The Labute approximate surface area is 313 Å². The molecule has 6 heteroatoms. The van der Waals surface area contributed by atoms with E-state index in [1.165, 1.54) is 22.1 Å². The second-order valence-electron chi connectivity index (χ2n) is 13.4. The lowest BCUT2D eigenvalue weighted by atomic mass is 9.86. The van der Waals surface area contributed by atoms with Gasteiger partial charge in [-0.1, -0.05) is 91.0 Å². The molecule has 0 atom stereocenters. The number of fused-ring (bicyclic) bond motifs is 4. The first-order valence-electron chi connectivity index (χ1n) is 18.1. The van der Waals surface area contributed by atoms with Gasteiger partial charge in [0.2, 0.25) is 0 Å². The summed E-state index contributed by atoms with van der Waals surface area (Å²) < 4.78 is 2.27. The van der Waals surface area contributed by atoms with Crippen molar-refractivity contribution in [3.05, 3.63) is 217 Å². The van der Waals surface area contributed by atoms with Crippen molar-refractivity contribution in [3.63, 3.8) is 0 Å². The van der Waals surface area contributed by atoms with E-state index < -0.39 is 0 Å². The van der Waals surface area contributed by atoms with Gasteiger partial charge in [-0.15, -0.1) is 0 Å². The molecule has 0 radical (unpaired) electrons. The van der Waals surface area contributed by atoms with Crippen LogP contribution >= 0.6 is 0 Å². The van der Waals surface area contributed by atoms with Gasteiger partial charge in [-0.05, 0) is 89.5 Å². The van der Waals surface area contributed by atoms with Crippen LogP contribution in [0.2, 0.25) is 0 Å². The Morgan fingerprint density at radius 2 is 1.04 bits per heavy atom. The van der Waals surface area contributed by atoms with Gasteiger partial charge in [-0.2, -0.15) is 0 Å². The molecule has 1 aliphatic heterocycles. The van der Waals surface area contributed by atoms with Crippen molar-refractivity contribution >= 4 is 55.7 Å². The fourth-order valence-electron chi connectivity index (χ4n) is 7.88. The Morgan fingerprint density at radius 3 is 1.76 bits per heavy atom. The second kappa shape index (κ2) is 13.3. The van der Waals surface area contributed by atoms with Gasteiger partial charge in [0.05, 0.1) is 22.4 Å². The van der Waals surface area contributed by atoms with E-state index in [0.29, 0.717) is 6.67 Å². The number of pyridine rings is 3. The first-order chi connectivity index (χ1) is 26.8. The molecule has 0 N–H and O–H groups in total. The molecule has 5 heterocycles. The van der Waals surface area contributed by atoms with Gasteiger partial charge in [0.15, 0.2) is 0 Å². The molecule has 0 aliphatic carbocycles. The summed E-state index contributed by atoms with van der Waals surface area (Å²) in [6.07, 6.45) is 9.40. The summed E-state index contributed by atoms with van der Waals surface area (Å²) in [5.41, 5.74) is 13.2. The fourth-order valence-corrected chi connectivity index (χ4v) is 7.88. The van der Waals surface area contributed by atoms with Gasteiger partial charge in [-0.3, -0.25) is 14.5 Å². The smallest absolute Gasteiger partial charge is 0.137 e. The van der Waals surface area contributed by atoms with E-state index in [4.69, 9.17) is 4.98 Å². The monoisotopic (exact) mass is 694 g/mol. The molecule has 0 amide bonds. The van der Waals surface area contributed by atoms with Gasteiger partial charge in [-0.25, -0.2) is 4.98 Å². The van der Waals surface area contributed by atoms with Crippen LogP contribution in [0.25, 0.3) is 38.8 Å². The lowest BCUT2D eigenvalue weighted by Crippen LogP contribution is -2.23. The van der Waals surface area contributed by atoms with Gasteiger partial charge in [0.25, 0.3) is 0 Å². The number of aromatic nitrogens is 4. The first kappa shape index (κ1) is 31.4. The van der Waals surface area contributed by atoms with E-state index in [9.17, 15) is 0 Å². The molecular weight excluding hydrogens is 661 g/mol. The number of anilines is 4. The number of benzene rings is 5. The van der Waals surface area contributed by atoms with Gasteiger partial charge < -0.3 is 9.80 Å². The Kier molecular flexibility index (Phi) is 7.77. The van der Waals surface area contributed by atoms with Crippen LogP contribution in [0.1, 0.15) is 22.3 Å². The highest BCUT2D eigenvalue weighted by molar-refractivity contribution is 6.12. The highest BCUT2D eigenvalue weighted by Gasteiger charge is 2.28. The van der Waals surface area contributed by atoms with Crippen molar-refractivity contribution in [1.29, 1.82) is 0 Å². The third-order valence-electron chi connectivity index (χ3n) is 10.3. The zero-order valence-corrected chi connectivity index (χ0v) is 29.4. The molecule has 256 valence electrons. The Balaban J connectivity index is 1.22. The predicted molar refractivity (Wildman–Crippen MR) is 221 cm³/mol. The molecule has 0 spiro atoms. The minimum atomic E-state index is 0.695. The molecule has 10 rings (SSSR count). The lowest BCUT2D eigenvalue weighted by Gasteiger charge is -2.23. The summed E-state index contributed by atoms with van der Waals surface area (Å²) in [5, 5.41) is 2.36. The lowest BCUT2D eigenvalue weighted by molar-refractivity contribution is 0.991. The zero-order chi connectivity index (χ0) is 35.8. The molecule has 0 saturated carbocycles. The molecule has 0 saturated heterocycles. The van der Waals surface area contributed by atoms with Crippen molar-refractivity contribution in [1.82, 2.24) is 19.5 Å². The standard InChI is InChI=1S/C48H34N6/c1-2-16-38(17-3-1)52-33-53(44-22-7-6-21-43(44)52)39-18-10-13-34(29-39)47(48(36-14-11-26-49-31-36)37-15-12-27-50-32-37)35-24-25-41-40-19-4-5-20-42(40)54(45(41)30-35)46-23-8-9-28-51-46/h1-32H,33H2. The molecular formula is C48H34N6. The van der Waals surface area contributed by atoms with E-state index in [-0.39, 0.29) is 0 Å². The summed E-state index contributed by atoms with van der Waals surface area (Å²) in [5.74, 6) is 0.879. The van der Waals surface area contributed by atoms with Crippen LogP contribution in [0, 0.1) is 0 Å². The van der Waals surface area contributed by atoms with E-state index in [0.717, 1.165) is 61.6 Å². The zero-order valence-electron chi connectivity index (χ0n) is 29.4. The quantitative estimate of drug-likeness (QED) is 0.166. The minimum absolute atomic E-state index is 0.695. The van der Waals surface area contributed by atoms with Crippen LogP contribution in [-0.4, -0.2) is 26.2 Å². The van der Waals surface area contributed by atoms with Crippen LogP contribution in [0.15, 0.2) is 195 Å². The van der Waals surface area contributed by atoms with E-state index in [1.807, 2.05) is 55.2 Å². The van der Waals surface area contributed by atoms with Crippen LogP contribution < -0.4 is 9.80 Å². The predicted octanol–water partition coefficient (Wildman–Crippen LogP) is 11.2. The van der Waals surface area contributed by atoms with Crippen molar-refractivity contribution in [2.24, 2.45) is 0 Å². The first-order valence-corrected chi connectivity index (χ1v) is 18.1. The number of rotatable bonds is 7.